The smallest absolute Gasteiger partial charge is 0.164 e. The van der Waals surface area contributed by atoms with Crippen molar-refractivity contribution in [1.29, 1.82) is 0 Å². The zero-order valence-electron chi connectivity index (χ0n) is 6.72. The largest absolute Gasteiger partial charge is 0.358 e. The molecule has 2 nitrogen and oxygen atoms in total. The fraction of sp³-hybridized carbons (Fsp3) is 0.875. The van der Waals surface area contributed by atoms with Crippen LogP contribution in [-0.4, -0.2) is 27.1 Å². The van der Waals surface area contributed by atoms with E-state index in [9.17, 15) is 4.79 Å². The van der Waals surface area contributed by atoms with Gasteiger partial charge in [-0.3, -0.25) is 4.79 Å². The molecule has 4 unspecified atom stereocenters. The normalized spacial score (nSPS) is 51.4. The molecule has 0 spiro atoms. The molecule has 0 aromatic heterocycles. The number of Topliss-reactive ketones (excluding diaryl/α,β-unsaturated/α-hetero) is 1. The highest BCUT2D eigenvalue weighted by Gasteiger charge is 2.64. The van der Waals surface area contributed by atoms with Crippen molar-refractivity contribution in [2.24, 2.45) is 0 Å². The molecule has 0 aromatic carbocycles. The zero-order chi connectivity index (χ0) is 8.93. The van der Waals surface area contributed by atoms with Gasteiger partial charge in [-0.2, -0.15) is 0 Å². The molecule has 0 N–H and O–H groups in total. The second-order valence-electron chi connectivity index (χ2n) is 3.52. The Hall–Kier alpha value is 0.590. The lowest BCUT2D eigenvalue weighted by Crippen LogP contribution is -2.37. The van der Waals surface area contributed by atoms with Crippen molar-refractivity contribution in [2.45, 2.75) is 41.1 Å². The Balaban J connectivity index is 2.13. The third kappa shape index (κ3) is 1.19. The van der Waals surface area contributed by atoms with Crippen molar-refractivity contribution in [2.75, 3.05) is 0 Å². The fourth-order valence-corrected chi connectivity index (χ4v) is 3.08. The number of ether oxygens (including phenoxy) is 1. The molecule has 1 saturated heterocycles. The van der Waals surface area contributed by atoms with Crippen LogP contribution in [0.5, 0.6) is 0 Å². The van der Waals surface area contributed by atoms with E-state index in [1.54, 1.807) is 6.92 Å². The van der Waals surface area contributed by atoms with Crippen LogP contribution in [-0.2, 0) is 9.53 Å². The van der Waals surface area contributed by atoms with Crippen molar-refractivity contribution in [3.63, 3.8) is 0 Å². The molecule has 0 bridgehead atoms. The lowest BCUT2D eigenvalue weighted by atomic mass is 9.86. The molecular weight excluding hydrogens is 288 g/mol. The molecule has 1 saturated carbocycles. The molecule has 0 radical (unpaired) electrons. The summed E-state index contributed by atoms with van der Waals surface area (Å²) in [4.78, 5) is 12.1. The highest BCUT2D eigenvalue weighted by atomic mass is 79.9. The Morgan fingerprint density at radius 2 is 2.17 bits per heavy atom. The average Bonchev–Trinajstić information content (AvgIpc) is 2.64. The van der Waals surface area contributed by atoms with E-state index >= 15 is 0 Å². The van der Waals surface area contributed by atoms with Crippen LogP contribution < -0.4 is 0 Å². The van der Waals surface area contributed by atoms with Crippen LogP contribution >= 0.6 is 31.9 Å². The molecule has 2 rings (SSSR count). The molecule has 0 amide bonds. The second-order valence-corrected chi connectivity index (χ2v) is 5.88. The first-order valence-electron chi connectivity index (χ1n) is 4.03. The first-order chi connectivity index (χ1) is 5.56. The van der Waals surface area contributed by atoms with E-state index in [0.717, 1.165) is 12.8 Å². The Bertz CT molecular complexity index is 231. The quantitative estimate of drug-likeness (QED) is 0.547. The average molecular weight is 298 g/mol. The number of fused-ring (bicyclic) bond motifs is 1. The van der Waals surface area contributed by atoms with Crippen LogP contribution in [0.1, 0.15) is 19.8 Å². The van der Waals surface area contributed by atoms with Crippen molar-refractivity contribution in [3.8, 4) is 0 Å². The molecule has 4 atom stereocenters. The van der Waals surface area contributed by atoms with Gasteiger partial charge in [-0.25, -0.2) is 0 Å². The number of hydrogen-bond donors (Lipinski definition) is 0. The molecule has 12 heavy (non-hydrogen) atoms. The lowest BCUT2D eigenvalue weighted by Gasteiger charge is -2.23. The van der Waals surface area contributed by atoms with Gasteiger partial charge >= 0.3 is 0 Å². The Kier molecular flexibility index (Phi) is 2.13. The standard InChI is InChI=1S/C8H10Br2O2/c1-4(11)8-3-6(10)5(9)2-7(8)12-8/h5-7H,2-3H2,1H3. The molecule has 1 heterocycles. The lowest BCUT2D eigenvalue weighted by molar-refractivity contribution is -0.122. The number of hydrogen-bond acceptors (Lipinski definition) is 2. The van der Waals surface area contributed by atoms with E-state index in [2.05, 4.69) is 31.9 Å². The molecule has 2 aliphatic rings. The maximum absolute atomic E-state index is 11.3. The van der Waals surface area contributed by atoms with Crippen molar-refractivity contribution in [1.82, 2.24) is 0 Å². The molecule has 68 valence electrons. The van der Waals surface area contributed by atoms with Crippen LogP contribution in [0.15, 0.2) is 0 Å². The van der Waals surface area contributed by atoms with Crippen molar-refractivity contribution >= 4 is 37.6 Å². The third-order valence-electron chi connectivity index (χ3n) is 2.74. The van der Waals surface area contributed by atoms with E-state index in [-0.39, 0.29) is 11.9 Å². The number of ketones is 1. The van der Waals surface area contributed by atoms with Gasteiger partial charge in [-0.15, -0.1) is 0 Å². The second kappa shape index (κ2) is 2.79. The Morgan fingerprint density at radius 3 is 2.75 bits per heavy atom. The van der Waals surface area contributed by atoms with Gasteiger partial charge in [0.1, 0.15) is 0 Å². The number of carbonyl (C=O) groups is 1. The summed E-state index contributed by atoms with van der Waals surface area (Å²) in [5, 5.41) is 0. The van der Waals surface area contributed by atoms with Gasteiger partial charge in [0.15, 0.2) is 11.4 Å². The van der Waals surface area contributed by atoms with Crippen molar-refractivity contribution < 1.29 is 9.53 Å². The third-order valence-corrected chi connectivity index (χ3v) is 5.42. The number of halogens is 2. The minimum absolute atomic E-state index is 0.174. The Labute approximate surface area is 88.3 Å². The molecular formula is C8H10Br2O2. The van der Waals surface area contributed by atoms with E-state index < -0.39 is 5.60 Å². The summed E-state index contributed by atoms with van der Waals surface area (Å²) < 4.78 is 5.46. The van der Waals surface area contributed by atoms with Gasteiger partial charge < -0.3 is 4.74 Å². The number of alkyl halides is 2. The van der Waals surface area contributed by atoms with E-state index in [4.69, 9.17) is 4.74 Å². The summed E-state index contributed by atoms with van der Waals surface area (Å²) in [6.07, 6.45) is 1.92. The summed E-state index contributed by atoms with van der Waals surface area (Å²) >= 11 is 7.10. The SMILES string of the molecule is CC(=O)C12CC(Br)C(Br)CC1O2. The summed E-state index contributed by atoms with van der Waals surface area (Å²) in [5.41, 5.74) is -0.418. The van der Waals surface area contributed by atoms with Crippen LogP contribution in [0, 0.1) is 0 Å². The van der Waals surface area contributed by atoms with Crippen LogP contribution in [0.3, 0.4) is 0 Å². The van der Waals surface area contributed by atoms with Gasteiger partial charge in [-0.05, 0) is 19.8 Å². The van der Waals surface area contributed by atoms with Crippen LogP contribution in [0.25, 0.3) is 0 Å². The predicted octanol–water partition coefficient (Wildman–Crippen LogP) is 2.03. The molecule has 0 aromatic rings. The van der Waals surface area contributed by atoms with E-state index in [0.29, 0.717) is 9.65 Å². The van der Waals surface area contributed by atoms with Gasteiger partial charge in [0.05, 0.1) is 6.10 Å². The van der Waals surface area contributed by atoms with Crippen LogP contribution in [0.4, 0.5) is 0 Å². The monoisotopic (exact) mass is 296 g/mol. The first kappa shape index (κ1) is 9.16. The minimum atomic E-state index is -0.418. The van der Waals surface area contributed by atoms with Gasteiger partial charge in [0.2, 0.25) is 0 Å². The van der Waals surface area contributed by atoms with Crippen molar-refractivity contribution in [3.05, 3.63) is 0 Å². The number of rotatable bonds is 1. The highest BCUT2D eigenvalue weighted by molar-refractivity contribution is 9.12. The topological polar surface area (TPSA) is 29.6 Å². The first-order valence-corrected chi connectivity index (χ1v) is 5.86. The fourth-order valence-electron chi connectivity index (χ4n) is 1.86. The maximum atomic E-state index is 11.3. The summed E-state index contributed by atoms with van der Waals surface area (Å²) in [6.45, 7) is 1.62. The minimum Gasteiger partial charge on any atom is -0.358 e. The predicted molar refractivity (Wildman–Crippen MR) is 52.9 cm³/mol. The van der Waals surface area contributed by atoms with Gasteiger partial charge in [0.25, 0.3) is 0 Å². The van der Waals surface area contributed by atoms with Crippen LogP contribution in [0.2, 0.25) is 0 Å². The molecule has 4 heteroatoms. The molecule has 1 aliphatic heterocycles. The molecule has 2 fully saturated rings. The summed E-state index contributed by atoms with van der Waals surface area (Å²) in [7, 11) is 0. The Morgan fingerprint density at radius 1 is 1.50 bits per heavy atom. The summed E-state index contributed by atoms with van der Waals surface area (Å²) in [6, 6.07) is 0. The van der Waals surface area contributed by atoms with E-state index in [1.165, 1.54) is 0 Å². The van der Waals surface area contributed by atoms with Gasteiger partial charge in [0, 0.05) is 9.65 Å². The summed E-state index contributed by atoms with van der Waals surface area (Å²) in [5.74, 6) is 0.177. The zero-order valence-corrected chi connectivity index (χ0v) is 9.89. The maximum Gasteiger partial charge on any atom is 0.164 e. The van der Waals surface area contributed by atoms with Gasteiger partial charge in [-0.1, -0.05) is 31.9 Å². The number of epoxide rings is 1. The molecule has 1 aliphatic carbocycles. The number of carbonyl (C=O) groups excluding carboxylic acids is 1. The highest BCUT2D eigenvalue weighted by Crippen LogP contribution is 2.51. The van der Waals surface area contributed by atoms with E-state index in [1.807, 2.05) is 0 Å².